The number of hydrogen-bond donors (Lipinski definition) is 0. The van der Waals surface area contributed by atoms with Crippen LogP contribution in [0.1, 0.15) is 19.3 Å². The van der Waals surface area contributed by atoms with Crippen LogP contribution in [0.3, 0.4) is 0 Å². The van der Waals surface area contributed by atoms with Crippen LogP contribution in [0.2, 0.25) is 0 Å². The molecule has 4 rings (SSSR count). The summed E-state index contributed by atoms with van der Waals surface area (Å²) >= 11 is 0. The molecule has 23 heavy (non-hydrogen) atoms. The third kappa shape index (κ3) is 2.48. The maximum absolute atomic E-state index is 12.7. The standard InChI is InChI=1S/C17H19N3O3/c1-23-14-4-2-3-13-16(14)17(22)19(10-18-13)8-11-7-15(21)20(9-11)12-5-6-12/h2-4,10-12H,5-9H2,1H3. The number of fused-ring (bicyclic) bond motifs is 1. The van der Waals surface area contributed by atoms with E-state index in [-0.39, 0.29) is 17.4 Å². The van der Waals surface area contributed by atoms with Gasteiger partial charge in [0.1, 0.15) is 11.1 Å². The van der Waals surface area contributed by atoms with E-state index < -0.39 is 0 Å². The third-order valence-electron chi connectivity index (χ3n) is 4.72. The first-order valence-electron chi connectivity index (χ1n) is 7.99. The van der Waals surface area contributed by atoms with Crippen LogP contribution in [0.15, 0.2) is 29.3 Å². The van der Waals surface area contributed by atoms with E-state index in [2.05, 4.69) is 4.98 Å². The van der Waals surface area contributed by atoms with Crippen LogP contribution in [0, 0.1) is 5.92 Å². The van der Waals surface area contributed by atoms with Crippen LogP contribution in [0.25, 0.3) is 10.9 Å². The fourth-order valence-corrected chi connectivity index (χ4v) is 3.42. The molecule has 6 heteroatoms. The van der Waals surface area contributed by atoms with Gasteiger partial charge in [0.15, 0.2) is 0 Å². The van der Waals surface area contributed by atoms with Gasteiger partial charge in [-0.05, 0) is 25.0 Å². The third-order valence-corrected chi connectivity index (χ3v) is 4.72. The molecule has 1 aliphatic heterocycles. The second-order valence-corrected chi connectivity index (χ2v) is 6.40. The quantitative estimate of drug-likeness (QED) is 0.856. The number of aromatic nitrogens is 2. The Morgan fingerprint density at radius 3 is 2.87 bits per heavy atom. The number of benzene rings is 1. The van der Waals surface area contributed by atoms with Crippen molar-refractivity contribution in [2.24, 2.45) is 5.92 Å². The summed E-state index contributed by atoms with van der Waals surface area (Å²) in [4.78, 5) is 31.1. The van der Waals surface area contributed by atoms with E-state index >= 15 is 0 Å². The largest absolute Gasteiger partial charge is 0.496 e. The van der Waals surface area contributed by atoms with E-state index in [0.717, 1.165) is 19.4 Å². The minimum Gasteiger partial charge on any atom is -0.496 e. The molecule has 1 aromatic carbocycles. The first kappa shape index (κ1) is 14.2. The van der Waals surface area contributed by atoms with Gasteiger partial charge >= 0.3 is 0 Å². The van der Waals surface area contributed by atoms with Crippen molar-refractivity contribution in [1.82, 2.24) is 14.5 Å². The van der Waals surface area contributed by atoms with Crippen molar-refractivity contribution in [3.63, 3.8) is 0 Å². The average Bonchev–Trinajstić information content (AvgIpc) is 3.33. The minimum absolute atomic E-state index is 0.107. The summed E-state index contributed by atoms with van der Waals surface area (Å²) in [5.41, 5.74) is 0.525. The summed E-state index contributed by atoms with van der Waals surface area (Å²) < 4.78 is 6.90. The highest BCUT2D eigenvalue weighted by Crippen LogP contribution is 2.33. The Labute approximate surface area is 133 Å². The Morgan fingerprint density at radius 1 is 1.30 bits per heavy atom. The first-order valence-corrected chi connectivity index (χ1v) is 7.99. The van der Waals surface area contributed by atoms with E-state index in [0.29, 0.717) is 35.7 Å². The zero-order valence-electron chi connectivity index (χ0n) is 13.1. The van der Waals surface area contributed by atoms with E-state index in [4.69, 9.17) is 4.74 Å². The first-order chi connectivity index (χ1) is 11.2. The van der Waals surface area contributed by atoms with Crippen molar-refractivity contribution in [2.45, 2.75) is 31.8 Å². The summed E-state index contributed by atoms with van der Waals surface area (Å²) in [7, 11) is 1.55. The molecule has 6 nitrogen and oxygen atoms in total. The molecule has 1 saturated heterocycles. The van der Waals surface area contributed by atoms with Gasteiger partial charge in [0.05, 0.1) is 19.0 Å². The number of methoxy groups -OCH3 is 1. The number of likely N-dealkylation sites (tertiary alicyclic amines) is 1. The maximum atomic E-state index is 12.7. The van der Waals surface area contributed by atoms with E-state index in [9.17, 15) is 9.59 Å². The van der Waals surface area contributed by atoms with Gasteiger partial charge in [-0.15, -0.1) is 0 Å². The summed E-state index contributed by atoms with van der Waals surface area (Å²) in [6, 6.07) is 5.83. The lowest BCUT2D eigenvalue weighted by molar-refractivity contribution is -0.128. The van der Waals surface area contributed by atoms with E-state index in [1.807, 2.05) is 11.0 Å². The average molecular weight is 313 g/mol. The monoisotopic (exact) mass is 313 g/mol. The molecule has 0 radical (unpaired) electrons. The van der Waals surface area contributed by atoms with Crippen molar-refractivity contribution in [3.8, 4) is 5.75 Å². The molecule has 1 aliphatic carbocycles. The lowest BCUT2D eigenvalue weighted by atomic mass is 10.1. The predicted molar refractivity (Wildman–Crippen MR) is 85.4 cm³/mol. The topological polar surface area (TPSA) is 64.4 Å². The molecule has 120 valence electrons. The molecule has 1 aromatic heterocycles. The van der Waals surface area contributed by atoms with Crippen molar-refractivity contribution < 1.29 is 9.53 Å². The second kappa shape index (κ2) is 5.37. The van der Waals surface area contributed by atoms with Crippen LogP contribution in [-0.2, 0) is 11.3 Å². The van der Waals surface area contributed by atoms with Crippen LogP contribution in [0.4, 0.5) is 0 Å². The maximum Gasteiger partial charge on any atom is 0.264 e. The number of hydrogen-bond acceptors (Lipinski definition) is 4. The Kier molecular flexibility index (Phi) is 3.32. The van der Waals surface area contributed by atoms with E-state index in [1.165, 1.54) is 0 Å². The zero-order valence-corrected chi connectivity index (χ0v) is 13.1. The van der Waals surface area contributed by atoms with Crippen molar-refractivity contribution in [2.75, 3.05) is 13.7 Å². The number of nitrogens with zero attached hydrogens (tertiary/aromatic N) is 3. The van der Waals surface area contributed by atoms with Gasteiger partial charge in [-0.25, -0.2) is 4.98 Å². The van der Waals surface area contributed by atoms with Gasteiger partial charge in [-0.1, -0.05) is 6.07 Å². The molecule has 1 unspecified atom stereocenters. The van der Waals surface area contributed by atoms with Gasteiger partial charge in [0, 0.05) is 31.5 Å². The van der Waals surface area contributed by atoms with Crippen LogP contribution in [0.5, 0.6) is 5.75 Å². The summed E-state index contributed by atoms with van der Waals surface area (Å²) in [6.45, 7) is 1.27. The predicted octanol–water partition coefficient (Wildman–Crippen LogP) is 1.42. The van der Waals surface area contributed by atoms with Crippen molar-refractivity contribution in [3.05, 3.63) is 34.9 Å². The fourth-order valence-electron chi connectivity index (χ4n) is 3.42. The van der Waals surface area contributed by atoms with Gasteiger partial charge in [0.2, 0.25) is 5.91 Å². The molecule has 2 heterocycles. The molecule has 0 spiro atoms. The van der Waals surface area contributed by atoms with Gasteiger partial charge in [0.25, 0.3) is 5.56 Å². The van der Waals surface area contributed by atoms with Crippen LogP contribution < -0.4 is 10.3 Å². The van der Waals surface area contributed by atoms with Crippen LogP contribution >= 0.6 is 0 Å². The molecule has 2 aromatic rings. The summed E-state index contributed by atoms with van der Waals surface area (Å²) in [5, 5.41) is 0.501. The number of carbonyl (C=O) groups is 1. The number of ether oxygens (including phenoxy) is 1. The zero-order chi connectivity index (χ0) is 16.0. The molecule has 2 fully saturated rings. The summed E-state index contributed by atoms with van der Waals surface area (Å²) in [5.74, 6) is 0.933. The molecule has 1 saturated carbocycles. The molecule has 1 atom stereocenters. The SMILES string of the molecule is COc1cccc2ncn(CC3CC(=O)N(C4CC4)C3)c(=O)c12. The van der Waals surface area contributed by atoms with Crippen LogP contribution in [-0.4, -0.2) is 40.1 Å². The Morgan fingerprint density at radius 2 is 2.13 bits per heavy atom. The lowest BCUT2D eigenvalue weighted by Gasteiger charge is -2.16. The van der Waals surface area contributed by atoms with Crippen molar-refractivity contribution in [1.29, 1.82) is 0 Å². The molecule has 2 aliphatic rings. The van der Waals surface area contributed by atoms with Crippen molar-refractivity contribution >= 4 is 16.8 Å². The molecular weight excluding hydrogens is 294 g/mol. The summed E-state index contributed by atoms with van der Waals surface area (Å²) in [6.07, 6.45) is 4.33. The highest BCUT2D eigenvalue weighted by molar-refractivity contribution is 5.84. The highest BCUT2D eigenvalue weighted by atomic mass is 16.5. The van der Waals surface area contributed by atoms with Gasteiger partial charge in [-0.2, -0.15) is 0 Å². The minimum atomic E-state index is -0.107. The van der Waals surface area contributed by atoms with Gasteiger partial charge in [-0.3, -0.25) is 14.2 Å². The smallest absolute Gasteiger partial charge is 0.264 e. The molecule has 1 amide bonds. The molecule has 0 N–H and O–H groups in total. The molecule has 0 bridgehead atoms. The Bertz CT molecular complexity index is 825. The normalized spacial score (nSPS) is 21.2. The number of amides is 1. The Hall–Kier alpha value is -2.37. The van der Waals surface area contributed by atoms with E-state index in [1.54, 1.807) is 30.1 Å². The number of carbonyl (C=O) groups excluding carboxylic acids is 1. The lowest BCUT2D eigenvalue weighted by Crippen LogP contribution is -2.29. The van der Waals surface area contributed by atoms with Gasteiger partial charge < -0.3 is 9.64 Å². The molecular formula is C17H19N3O3. The highest BCUT2D eigenvalue weighted by Gasteiger charge is 2.39. The fraction of sp³-hybridized carbons (Fsp3) is 0.471. The Balaban J connectivity index is 1.63. The number of rotatable bonds is 4. The second-order valence-electron chi connectivity index (χ2n) is 6.40.